The summed E-state index contributed by atoms with van der Waals surface area (Å²) in [6.45, 7) is 3.82. The van der Waals surface area contributed by atoms with Gasteiger partial charge in [0.2, 0.25) is 0 Å². The number of nitrogens with zero attached hydrogens (tertiary/aromatic N) is 1. The molecule has 2 aromatic carbocycles. The Bertz CT molecular complexity index is 890. The number of rotatable bonds is 7. The minimum absolute atomic E-state index is 0.143. The van der Waals surface area contributed by atoms with Crippen LogP contribution in [0.1, 0.15) is 48.8 Å². The van der Waals surface area contributed by atoms with Crippen LogP contribution in [0.25, 0.3) is 0 Å². The molecule has 2 aliphatic heterocycles. The monoisotopic (exact) mass is 501 g/mol. The van der Waals surface area contributed by atoms with Gasteiger partial charge < -0.3 is 14.2 Å². The van der Waals surface area contributed by atoms with Gasteiger partial charge in [0.1, 0.15) is 0 Å². The van der Waals surface area contributed by atoms with Crippen molar-refractivity contribution >= 4 is 21.9 Å². The molecule has 4 rings (SSSR count). The molecule has 2 fully saturated rings. The van der Waals surface area contributed by atoms with Gasteiger partial charge >= 0.3 is 5.97 Å². The molecule has 2 aromatic rings. The lowest BCUT2D eigenvalue weighted by Crippen LogP contribution is -2.47. The van der Waals surface area contributed by atoms with Crippen molar-refractivity contribution in [3.05, 3.63) is 69.7 Å². The predicted molar refractivity (Wildman–Crippen MR) is 127 cm³/mol. The smallest absolute Gasteiger partial charge is 0.316 e. The number of ether oxygens (including phenoxy) is 3. The van der Waals surface area contributed by atoms with E-state index in [0.717, 1.165) is 73.9 Å². The molecule has 1 atom stereocenters. The van der Waals surface area contributed by atoms with Crippen molar-refractivity contribution in [2.45, 2.75) is 57.0 Å². The first-order valence-electron chi connectivity index (χ1n) is 11.5. The van der Waals surface area contributed by atoms with E-state index in [4.69, 9.17) is 14.2 Å². The summed E-state index contributed by atoms with van der Waals surface area (Å²) in [5.41, 5.74) is 2.71. The molecule has 2 aliphatic rings. The molecule has 172 valence electrons. The van der Waals surface area contributed by atoms with Gasteiger partial charge in [0.15, 0.2) is 6.29 Å². The van der Waals surface area contributed by atoms with Crippen molar-refractivity contribution in [2.75, 3.05) is 26.8 Å². The van der Waals surface area contributed by atoms with Crippen LogP contribution in [0.2, 0.25) is 0 Å². The van der Waals surface area contributed by atoms with Gasteiger partial charge in [-0.15, -0.1) is 0 Å². The van der Waals surface area contributed by atoms with Gasteiger partial charge in [-0.3, -0.25) is 9.69 Å². The van der Waals surface area contributed by atoms with Crippen LogP contribution in [0.4, 0.5) is 0 Å². The first kappa shape index (κ1) is 23.4. The van der Waals surface area contributed by atoms with Gasteiger partial charge in [-0.25, -0.2) is 0 Å². The van der Waals surface area contributed by atoms with Crippen LogP contribution in [0.3, 0.4) is 0 Å². The van der Waals surface area contributed by atoms with Crippen molar-refractivity contribution in [3.8, 4) is 0 Å². The number of carbonyl (C=O) groups excluding carboxylic acids is 1. The van der Waals surface area contributed by atoms with Gasteiger partial charge in [0.25, 0.3) is 0 Å². The summed E-state index contributed by atoms with van der Waals surface area (Å²) in [5.74, 6) is -0.151. The molecule has 0 aliphatic carbocycles. The number of methoxy groups -OCH3 is 1. The van der Waals surface area contributed by atoms with Crippen LogP contribution in [-0.4, -0.2) is 44.0 Å². The molecule has 2 heterocycles. The fraction of sp³-hybridized carbons (Fsp3) is 0.500. The Kier molecular flexibility index (Phi) is 8.00. The molecular formula is C26H32BrNO4. The zero-order valence-electron chi connectivity index (χ0n) is 18.7. The third kappa shape index (κ3) is 5.42. The summed E-state index contributed by atoms with van der Waals surface area (Å²) in [6, 6.07) is 16.7. The summed E-state index contributed by atoms with van der Waals surface area (Å²) in [7, 11) is 1.49. The van der Waals surface area contributed by atoms with E-state index >= 15 is 0 Å². The third-order valence-electron chi connectivity index (χ3n) is 6.70. The van der Waals surface area contributed by atoms with Gasteiger partial charge in [0.05, 0.1) is 19.1 Å². The van der Waals surface area contributed by atoms with E-state index in [1.807, 2.05) is 12.1 Å². The van der Waals surface area contributed by atoms with Crippen LogP contribution in [0, 0.1) is 0 Å². The highest BCUT2D eigenvalue weighted by Crippen LogP contribution is 2.39. The SMILES string of the molecule is COC(=O)C1(c2ccc(Br)c(COC3CCCCO3)c2)CCN(Cc2ccccc2)CC1. The summed E-state index contributed by atoms with van der Waals surface area (Å²) >= 11 is 3.65. The second kappa shape index (κ2) is 10.9. The van der Waals surface area contributed by atoms with Crippen LogP contribution < -0.4 is 0 Å². The maximum Gasteiger partial charge on any atom is 0.316 e. The Morgan fingerprint density at radius 2 is 1.94 bits per heavy atom. The number of hydrogen-bond donors (Lipinski definition) is 0. The lowest BCUT2D eigenvalue weighted by molar-refractivity contribution is -0.169. The first-order valence-corrected chi connectivity index (χ1v) is 12.3. The molecule has 0 bridgehead atoms. The third-order valence-corrected chi connectivity index (χ3v) is 7.47. The molecule has 0 spiro atoms. The van der Waals surface area contributed by atoms with E-state index < -0.39 is 5.41 Å². The molecule has 0 radical (unpaired) electrons. The van der Waals surface area contributed by atoms with E-state index in [0.29, 0.717) is 6.61 Å². The largest absolute Gasteiger partial charge is 0.468 e. The molecule has 2 saturated heterocycles. The second-order valence-corrected chi connectivity index (χ2v) is 9.60. The molecule has 32 heavy (non-hydrogen) atoms. The fourth-order valence-electron chi connectivity index (χ4n) is 4.75. The van der Waals surface area contributed by atoms with Gasteiger partial charge in [-0.05, 0) is 68.0 Å². The predicted octanol–water partition coefficient (Wildman–Crippen LogP) is 5.20. The van der Waals surface area contributed by atoms with Crippen LogP contribution >= 0.6 is 15.9 Å². The highest BCUT2D eigenvalue weighted by atomic mass is 79.9. The summed E-state index contributed by atoms with van der Waals surface area (Å²) in [4.78, 5) is 15.5. The summed E-state index contributed by atoms with van der Waals surface area (Å²) in [5, 5.41) is 0. The highest BCUT2D eigenvalue weighted by Gasteiger charge is 2.44. The van der Waals surface area contributed by atoms with E-state index in [2.05, 4.69) is 57.2 Å². The molecular weight excluding hydrogens is 470 g/mol. The second-order valence-electron chi connectivity index (χ2n) is 8.75. The van der Waals surface area contributed by atoms with E-state index in [1.165, 1.54) is 12.7 Å². The molecule has 1 unspecified atom stereocenters. The fourth-order valence-corrected chi connectivity index (χ4v) is 5.11. The minimum Gasteiger partial charge on any atom is -0.468 e. The van der Waals surface area contributed by atoms with Gasteiger partial charge in [-0.1, -0.05) is 58.4 Å². The molecule has 0 aromatic heterocycles. The lowest BCUT2D eigenvalue weighted by atomic mass is 9.72. The number of likely N-dealkylation sites (tertiary alicyclic amines) is 1. The van der Waals surface area contributed by atoms with Crippen molar-refractivity contribution in [2.24, 2.45) is 0 Å². The van der Waals surface area contributed by atoms with E-state index in [9.17, 15) is 4.79 Å². The Balaban J connectivity index is 1.48. The molecule has 5 nitrogen and oxygen atoms in total. The van der Waals surface area contributed by atoms with E-state index in [-0.39, 0.29) is 12.3 Å². The minimum atomic E-state index is -0.626. The lowest BCUT2D eigenvalue weighted by Gasteiger charge is -2.40. The topological polar surface area (TPSA) is 48.0 Å². The average Bonchev–Trinajstić information content (AvgIpc) is 2.85. The number of benzene rings is 2. The maximum absolute atomic E-state index is 13.1. The van der Waals surface area contributed by atoms with Crippen LogP contribution in [-0.2, 0) is 37.6 Å². The van der Waals surface area contributed by atoms with Crippen LogP contribution in [0.5, 0.6) is 0 Å². The number of carbonyl (C=O) groups is 1. The first-order chi connectivity index (χ1) is 15.6. The van der Waals surface area contributed by atoms with Crippen LogP contribution in [0.15, 0.2) is 53.0 Å². The number of piperidine rings is 1. The van der Waals surface area contributed by atoms with Gasteiger partial charge in [-0.2, -0.15) is 0 Å². The number of esters is 1. The van der Waals surface area contributed by atoms with Gasteiger partial charge in [0, 0.05) is 17.6 Å². The molecule has 0 amide bonds. The standard InChI is InChI=1S/C26H32BrNO4/c1-30-25(29)26(12-14-28(15-13-26)18-20-7-3-2-4-8-20)22-10-11-23(27)21(17-22)19-32-24-9-5-6-16-31-24/h2-4,7-8,10-11,17,24H,5-6,9,12-16,18-19H2,1H3. The average molecular weight is 502 g/mol. The summed E-state index contributed by atoms with van der Waals surface area (Å²) in [6.07, 6.45) is 4.50. The van der Waals surface area contributed by atoms with Crippen molar-refractivity contribution in [1.29, 1.82) is 0 Å². The normalized spacial score (nSPS) is 21.2. The number of hydrogen-bond acceptors (Lipinski definition) is 5. The zero-order valence-corrected chi connectivity index (χ0v) is 20.3. The molecule has 0 saturated carbocycles. The van der Waals surface area contributed by atoms with Crippen molar-refractivity contribution in [3.63, 3.8) is 0 Å². The summed E-state index contributed by atoms with van der Waals surface area (Å²) < 4.78 is 18.0. The Labute approximate surface area is 199 Å². The van der Waals surface area contributed by atoms with Crippen molar-refractivity contribution in [1.82, 2.24) is 4.90 Å². The highest BCUT2D eigenvalue weighted by molar-refractivity contribution is 9.10. The Morgan fingerprint density at radius 1 is 1.16 bits per heavy atom. The Hall–Kier alpha value is -1.73. The quantitative estimate of drug-likeness (QED) is 0.488. The Morgan fingerprint density at radius 3 is 2.62 bits per heavy atom. The molecule has 6 heteroatoms. The van der Waals surface area contributed by atoms with Crippen molar-refractivity contribution < 1.29 is 19.0 Å². The number of halogens is 1. The molecule has 0 N–H and O–H groups in total. The maximum atomic E-state index is 13.1. The van der Waals surface area contributed by atoms with E-state index in [1.54, 1.807) is 0 Å². The zero-order chi connectivity index (χ0) is 22.4.